The van der Waals surface area contributed by atoms with Crippen LogP contribution in [-0.4, -0.2) is 55.3 Å². The number of hydrogen-bond donors (Lipinski definition) is 2. The van der Waals surface area contributed by atoms with Crippen LogP contribution < -0.4 is 10.6 Å². The zero-order valence-corrected chi connectivity index (χ0v) is 18.5. The summed E-state index contributed by atoms with van der Waals surface area (Å²) in [4.78, 5) is 4.78. The predicted molar refractivity (Wildman–Crippen MR) is 120 cm³/mol. The second kappa shape index (κ2) is 11.7. The van der Waals surface area contributed by atoms with E-state index in [-0.39, 0.29) is 0 Å². The summed E-state index contributed by atoms with van der Waals surface area (Å²) in [5.74, 6) is 1.39. The van der Waals surface area contributed by atoms with E-state index < -0.39 is 0 Å². The second-order valence-electron chi connectivity index (χ2n) is 7.75. The molecule has 1 aromatic heterocycles. The van der Waals surface area contributed by atoms with Crippen molar-refractivity contribution in [2.45, 2.75) is 40.2 Å². The Morgan fingerprint density at radius 1 is 1.30 bits per heavy atom. The number of para-hydroxylation sites is 1. The molecule has 0 amide bonds. The van der Waals surface area contributed by atoms with Gasteiger partial charge in [0.25, 0.3) is 0 Å². The Hall–Kier alpha value is -2.38. The van der Waals surface area contributed by atoms with E-state index in [9.17, 15) is 0 Å². The summed E-state index contributed by atoms with van der Waals surface area (Å²) in [5.41, 5.74) is 4.36. The van der Waals surface area contributed by atoms with Gasteiger partial charge in [-0.3, -0.25) is 0 Å². The lowest BCUT2D eigenvalue weighted by Crippen LogP contribution is -2.38. The molecule has 0 spiro atoms. The van der Waals surface area contributed by atoms with Crippen molar-refractivity contribution in [3.05, 3.63) is 47.3 Å². The average molecular weight is 414 g/mol. The number of aliphatic imine (C=N–C) groups is 1. The quantitative estimate of drug-likeness (QED) is 0.356. The Bertz CT molecular complexity index is 812. The third-order valence-electron chi connectivity index (χ3n) is 5.12. The highest BCUT2D eigenvalue weighted by molar-refractivity contribution is 5.79. The maximum atomic E-state index is 5.78. The van der Waals surface area contributed by atoms with Gasteiger partial charge >= 0.3 is 0 Å². The molecule has 0 aliphatic carbocycles. The fourth-order valence-electron chi connectivity index (χ4n) is 3.58. The van der Waals surface area contributed by atoms with E-state index in [0.29, 0.717) is 12.5 Å². The molecule has 2 heterocycles. The van der Waals surface area contributed by atoms with E-state index in [1.54, 1.807) is 0 Å². The van der Waals surface area contributed by atoms with E-state index >= 15 is 0 Å². The number of hydrogen-bond acceptors (Lipinski definition) is 4. The van der Waals surface area contributed by atoms with Gasteiger partial charge in [-0.2, -0.15) is 5.10 Å². The highest BCUT2D eigenvalue weighted by Crippen LogP contribution is 2.18. The molecule has 1 fully saturated rings. The van der Waals surface area contributed by atoms with Crippen molar-refractivity contribution in [2.24, 2.45) is 10.9 Å². The summed E-state index contributed by atoms with van der Waals surface area (Å²) < 4.78 is 13.1. The monoisotopic (exact) mass is 413 g/mol. The van der Waals surface area contributed by atoms with Crippen LogP contribution in [0.2, 0.25) is 0 Å². The Labute approximate surface area is 179 Å². The number of aromatic nitrogens is 2. The molecule has 30 heavy (non-hydrogen) atoms. The van der Waals surface area contributed by atoms with Crippen LogP contribution in [-0.2, 0) is 16.0 Å². The summed E-state index contributed by atoms with van der Waals surface area (Å²) in [6, 6.07) is 10.4. The molecule has 7 heteroatoms. The minimum Gasteiger partial charge on any atom is -0.381 e. The lowest BCUT2D eigenvalue weighted by Gasteiger charge is -2.13. The number of ether oxygens (including phenoxy) is 2. The third kappa shape index (κ3) is 6.57. The summed E-state index contributed by atoms with van der Waals surface area (Å²) in [7, 11) is 0. The Morgan fingerprint density at radius 3 is 2.90 bits per heavy atom. The van der Waals surface area contributed by atoms with Crippen LogP contribution in [0.25, 0.3) is 5.69 Å². The van der Waals surface area contributed by atoms with E-state index in [1.165, 1.54) is 0 Å². The molecule has 2 N–H and O–H groups in total. The first-order valence-electron chi connectivity index (χ1n) is 11.0. The SMILES string of the molecule is CCNC(=NCc1ccccc1-n1nc(C)cc1C)NCCCOCC1CCOC1. The number of guanidine groups is 1. The summed E-state index contributed by atoms with van der Waals surface area (Å²) >= 11 is 0. The molecule has 0 radical (unpaired) electrons. The third-order valence-corrected chi connectivity index (χ3v) is 5.12. The van der Waals surface area contributed by atoms with Crippen LogP contribution in [0.3, 0.4) is 0 Å². The van der Waals surface area contributed by atoms with Crippen molar-refractivity contribution in [3.63, 3.8) is 0 Å². The van der Waals surface area contributed by atoms with E-state index in [1.807, 2.05) is 23.7 Å². The van der Waals surface area contributed by atoms with E-state index in [4.69, 9.17) is 14.5 Å². The lowest BCUT2D eigenvalue weighted by atomic mass is 10.1. The van der Waals surface area contributed by atoms with Gasteiger partial charge in [-0.1, -0.05) is 18.2 Å². The van der Waals surface area contributed by atoms with E-state index in [2.05, 4.69) is 47.8 Å². The van der Waals surface area contributed by atoms with Gasteiger partial charge in [0.15, 0.2) is 5.96 Å². The highest BCUT2D eigenvalue weighted by Gasteiger charge is 2.15. The molecule has 3 rings (SSSR count). The number of nitrogens with one attached hydrogen (secondary N) is 2. The average Bonchev–Trinajstić information content (AvgIpc) is 3.38. The fraction of sp³-hybridized carbons (Fsp3) is 0.565. The van der Waals surface area contributed by atoms with Crippen molar-refractivity contribution >= 4 is 5.96 Å². The van der Waals surface area contributed by atoms with Crippen molar-refractivity contribution in [2.75, 3.05) is 39.5 Å². The normalized spacial score (nSPS) is 16.8. The molecule has 1 unspecified atom stereocenters. The topological polar surface area (TPSA) is 72.7 Å². The standard InChI is InChI=1S/C23H35N5O2/c1-4-24-23(25-11-7-12-29-16-20-10-13-30-17-20)26-15-21-8-5-6-9-22(21)28-19(3)14-18(2)27-28/h5-6,8-9,14,20H,4,7,10-13,15-17H2,1-3H3,(H2,24,25,26). The van der Waals surface area contributed by atoms with Crippen molar-refractivity contribution < 1.29 is 9.47 Å². The molecule has 2 aromatic rings. The molecule has 1 atom stereocenters. The minimum absolute atomic E-state index is 0.569. The molecule has 1 aliphatic heterocycles. The van der Waals surface area contributed by atoms with Gasteiger partial charge in [0.05, 0.1) is 31.1 Å². The molecule has 164 valence electrons. The fourth-order valence-corrected chi connectivity index (χ4v) is 3.58. The summed E-state index contributed by atoms with van der Waals surface area (Å²) in [5, 5.41) is 11.4. The van der Waals surface area contributed by atoms with Crippen LogP contribution in [0.5, 0.6) is 0 Å². The van der Waals surface area contributed by atoms with Gasteiger partial charge in [-0.25, -0.2) is 9.67 Å². The van der Waals surface area contributed by atoms with E-state index in [0.717, 1.165) is 81.0 Å². The van der Waals surface area contributed by atoms with Crippen LogP contribution >= 0.6 is 0 Å². The van der Waals surface area contributed by atoms with Crippen molar-refractivity contribution in [3.8, 4) is 5.69 Å². The van der Waals surface area contributed by atoms with Gasteiger partial charge in [0, 0.05) is 37.9 Å². The van der Waals surface area contributed by atoms with Gasteiger partial charge in [-0.05, 0) is 51.3 Å². The van der Waals surface area contributed by atoms with Gasteiger partial charge in [0.2, 0.25) is 0 Å². The first-order valence-corrected chi connectivity index (χ1v) is 11.0. The van der Waals surface area contributed by atoms with Crippen LogP contribution in [0, 0.1) is 19.8 Å². The maximum Gasteiger partial charge on any atom is 0.191 e. The van der Waals surface area contributed by atoms with Crippen LogP contribution in [0.15, 0.2) is 35.3 Å². The van der Waals surface area contributed by atoms with Crippen molar-refractivity contribution in [1.29, 1.82) is 0 Å². The number of benzene rings is 1. The number of aryl methyl sites for hydroxylation is 2. The molecular formula is C23H35N5O2. The number of nitrogens with zero attached hydrogens (tertiary/aromatic N) is 3. The molecule has 0 bridgehead atoms. The molecule has 1 aromatic carbocycles. The Kier molecular flexibility index (Phi) is 8.71. The largest absolute Gasteiger partial charge is 0.381 e. The molecule has 0 saturated carbocycles. The lowest BCUT2D eigenvalue weighted by molar-refractivity contribution is 0.0888. The summed E-state index contributed by atoms with van der Waals surface area (Å²) in [6.45, 7) is 11.7. The Morgan fingerprint density at radius 2 is 2.17 bits per heavy atom. The zero-order valence-electron chi connectivity index (χ0n) is 18.5. The smallest absolute Gasteiger partial charge is 0.191 e. The minimum atomic E-state index is 0.569. The van der Waals surface area contributed by atoms with Crippen LogP contribution in [0.4, 0.5) is 0 Å². The van der Waals surface area contributed by atoms with Crippen molar-refractivity contribution in [1.82, 2.24) is 20.4 Å². The first-order chi connectivity index (χ1) is 14.7. The summed E-state index contributed by atoms with van der Waals surface area (Å²) in [6.07, 6.45) is 2.06. The maximum absolute atomic E-state index is 5.78. The first kappa shape index (κ1) is 22.3. The number of rotatable bonds is 10. The second-order valence-corrected chi connectivity index (χ2v) is 7.75. The zero-order chi connectivity index (χ0) is 21.2. The van der Waals surface area contributed by atoms with Gasteiger partial charge < -0.3 is 20.1 Å². The highest BCUT2D eigenvalue weighted by atomic mass is 16.5. The van der Waals surface area contributed by atoms with Gasteiger partial charge in [-0.15, -0.1) is 0 Å². The Balaban J connectivity index is 1.51. The molecular weight excluding hydrogens is 378 g/mol. The molecule has 7 nitrogen and oxygen atoms in total. The predicted octanol–water partition coefficient (Wildman–Crippen LogP) is 2.99. The van der Waals surface area contributed by atoms with Crippen LogP contribution in [0.1, 0.15) is 36.7 Å². The van der Waals surface area contributed by atoms with Gasteiger partial charge in [0.1, 0.15) is 0 Å². The molecule has 1 aliphatic rings. The molecule has 1 saturated heterocycles.